The maximum atomic E-state index is 12.7. The minimum absolute atomic E-state index is 0.0542. The number of carbonyl (C=O) groups excluding carboxylic acids is 2. The summed E-state index contributed by atoms with van der Waals surface area (Å²) in [6.07, 6.45) is 64.2. The molecular weight excluding hydrogens is 846 g/mol. The van der Waals surface area contributed by atoms with E-state index in [1.807, 2.05) is 0 Å². The zero-order valence-corrected chi connectivity index (χ0v) is 43.6. The minimum Gasteiger partial charge on any atom is -0.462 e. The average Bonchev–Trinajstić information content (AvgIpc) is 3.31. The van der Waals surface area contributed by atoms with Gasteiger partial charge in [-0.1, -0.05) is 242 Å². The van der Waals surface area contributed by atoms with Crippen molar-refractivity contribution in [3.8, 4) is 0 Å². The molecule has 0 aliphatic carbocycles. The van der Waals surface area contributed by atoms with E-state index in [1.165, 1.54) is 148 Å². The Hall–Kier alpha value is -2.29. The van der Waals surface area contributed by atoms with Gasteiger partial charge in [0, 0.05) is 19.4 Å². The summed E-state index contributed by atoms with van der Waals surface area (Å²) in [7, 11) is -4.38. The summed E-state index contributed by atoms with van der Waals surface area (Å²) in [6, 6.07) is 0. The van der Waals surface area contributed by atoms with Crippen LogP contribution in [0.5, 0.6) is 0 Å². The van der Waals surface area contributed by atoms with Crippen LogP contribution in [0, 0.1) is 0 Å². The van der Waals surface area contributed by atoms with E-state index in [1.54, 1.807) is 0 Å². The molecule has 10 heteroatoms. The molecule has 2 atom stereocenters. The molecule has 384 valence electrons. The Morgan fingerprint density at radius 1 is 0.470 bits per heavy atom. The largest absolute Gasteiger partial charge is 0.472 e. The normalized spacial score (nSPS) is 13.6. The number of esters is 2. The molecule has 0 fully saturated rings. The van der Waals surface area contributed by atoms with Crippen LogP contribution >= 0.6 is 7.82 Å². The number of hydrogen-bond acceptors (Lipinski definition) is 8. The third kappa shape index (κ3) is 51.1. The molecule has 0 aliphatic rings. The van der Waals surface area contributed by atoms with Crippen LogP contribution < -0.4 is 5.73 Å². The number of unbranched alkanes of at least 4 members (excludes halogenated alkanes) is 28. The highest BCUT2D eigenvalue weighted by Crippen LogP contribution is 2.43. The van der Waals surface area contributed by atoms with E-state index in [9.17, 15) is 19.0 Å². The molecule has 0 radical (unpaired) electrons. The maximum absolute atomic E-state index is 12.7. The average molecular weight is 948 g/mol. The standard InChI is InChI=1S/C56H102NO8P/c1-3-5-7-9-11-13-15-17-18-19-20-21-22-23-24-25-26-27-28-29-30-31-32-33-34-35-36-37-39-41-43-45-47-49-56(59)65-54(53-64-66(60,61)63-51-50-57)52-62-55(58)48-46-44-42-40-38-16-14-12-10-8-6-4-2/h5,7,11,13,17-18,20-21,23-24,54H,3-4,6,8-10,12,14-16,19,22,25-53,57H2,1-2H3,(H,60,61)/b7-5-,13-11-,18-17-,21-20-,24-23-. The number of ether oxygens (including phenoxy) is 2. The highest BCUT2D eigenvalue weighted by atomic mass is 31.2. The van der Waals surface area contributed by atoms with Gasteiger partial charge >= 0.3 is 19.8 Å². The van der Waals surface area contributed by atoms with Crippen molar-refractivity contribution in [3.05, 3.63) is 60.8 Å². The second kappa shape index (κ2) is 52.1. The van der Waals surface area contributed by atoms with Crippen LogP contribution in [-0.2, 0) is 32.7 Å². The first-order valence-corrected chi connectivity index (χ1v) is 28.8. The summed E-state index contributed by atoms with van der Waals surface area (Å²) in [4.78, 5) is 35.0. The Kier molecular flexibility index (Phi) is 50.3. The molecule has 0 aromatic carbocycles. The smallest absolute Gasteiger partial charge is 0.462 e. The lowest BCUT2D eigenvalue weighted by Gasteiger charge is -2.19. The summed E-state index contributed by atoms with van der Waals surface area (Å²) in [5.74, 6) is -0.819. The fraction of sp³-hybridized carbons (Fsp3) is 0.786. The maximum Gasteiger partial charge on any atom is 0.472 e. The molecule has 0 rings (SSSR count). The second-order valence-electron chi connectivity index (χ2n) is 18.1. The highest BCUT2D eigenvalue weighted by Gasteiger charge is 2.26. The Labute approximate surface area is 406 Å². The van der Waals surface area contributed by atoms with Gasteiger partial charge in [0.15, 0.2) is 6.10 Å². The lowest BCUT2D eigenvalue weighted by molar-refractivity contribution is -0.161. The number of hydrogen-bond donors (Lipinski definition) is 2. The van der Waals surface area contributed by atoms with E-state index < -0.39 is 26.5 Å². The Bertz CT molecular complexity index is 1260. The third-order valence-electron chi connectivity index (χ3n) is 11.7. The number of rotatable bonds is 51. The molecule has 0 saturated heterocycles. The fourth-order valence-electron chi connectivity index (χ4n) is 7.66. The van der Waals surface area contributed by atoms with Crippen LogP contribution in [0.3, 0.4) is 0 Å². The SMILES string of the molecule is CC/C=C\C/C=C\C/C=C\C/C=C\C/C=C\CCCCCCCCCCCCCCCCCCCC(=O)OC(COC(=O)CCCCCCCCCCCCCC)COP(=O)(O)OCCN. The molecule has 0 saturated carbocycles. The first kappa shape index (κ1) is 63.7. The van der Waals surface area contributed by atoms with Crippen LogP contribution in [0.4, 0.5) is 0 Å². The minimum atomic E-state index is -4.38. The van der Waals surface area contributed by atoms with Crippen LogP contribution in [0.25, 0.3) is 0 Å². The van der Waals surface area contributed by atoms with E-state index >= 15 is 0 Å². The van der Waals surface area contributed by atoms with Crippen LogP contribution in [0.2, 0.25) is 0 Å². The van der Waals surface area contributed by atoms with Crippen molar-refractivity contribution in [2.24, 2.45) is 5.73 Å². The van der Waals surface area contributed by atoms with Gasteiger partial charge in [-0.05, 0) is 57.8 Å². The van der Waals surface area contributed by atoms with E-state index in [-0.39, 0.29) is 38.6 Å². The summed E-state index contributed by atoms with van der Waals surface area (Å²) < 4.78 is 32.9. The van der Waals surface area contributed by atoms with Crippen molar-refractivity contribution < 1.29 is 37.6 Å². The number of allylic oxidation sites excluding steroid dienone is 10. The zero-order valence-electron chi connectivity index (χ0n) is 42.7. The van der Waals surface area contributed by atoms with E-state index in [0.717, 1.165) is 70.6 Å². The van der Waals surface area contributed by atoms with E-state index in [4.69, 9.17) is 24.3 Å². The molecule has 3 N–H and O–H groups in total. The molecule has 9 nitrogen and oxygen atoms in total. The van der Waals surface area contributed by atoms with Gasteiger partial charge in [-0.25, -0.2) is 4.57 Å². The molecule has 0 aromatic heterocycles. The fourth-order valence-corrected chi connectivity index (χ4v) is 8.43. The molecule has 66 heavy (non-hydrogen) atoms. The van der Waals surface area contributed by atoms with Crippen molar-refractivity contribution in [2.75, 3.05) is 26.4 Å². The lowest BCUT2D eigenvalue weighted by Crippen LogP contribution is -2.29. The monoisotopic (exact) mass is 948 g/mol. The third-order valence-corrected chi connectivity index (χ3v) is 12.7. The predicted molar refractivity (Wildman–Crippen MR) is 279 cm³/mol. The number of carbonyl (C=O) groups is 2. The number of phosphoric acid groups is 1. The van der Waals surface area contributed by atoms with Crippen molar-refractivity contribution >= 4 is 19.8 Å². The summed E-state index contributed by atoms with van der Waals surface area (Å²) in [5.41, 5.74) is 5.37. The van der Waals surface area contributed by atoms with Gasteiger partial charge in [0.1, 0.15) is 6.61 Å². The van der Waals surface area contributed by atoms with E-state index in [0.29, 0.717) is 6.42 Å². The molecule has 0 spiro atoms. The summed E-state index contributed by atoms with van der Waals surface area (Å²) in [5, 5.41) is 0. The topological polar surface area (TPSA) is 134 Å². The first-order chi connectivity index (χ1) is 32.3. The molecular formula is C56H102NO8P. The Morgan fingerprint density at radius 3 is 1.24 bits per heavy atom. The molecule has 2 unspecified atom stereocenters. The number of phosphoric ester groups is 1. The molecule has 0 amide bonds. The summed E-state index contributed by atoms with van der Waals surface area (Å²) >= 11 is 0. The lowest BCUT2D eigenvalue weighted by atomic mass is 10.0. The van der Waals surface area contributed by atoms with Crippen LogP contribution in [0.1, 0.15) is 251 Å². The molecule has 0 aliphatic heterocycles. The van der Waals surface area contributed by atoms with Crippen molar-refractivity contribution in [1.29, 1.82) is 0 Å². The Balaban J connectivity index is 3.87. The summed E-state index contributed by atoms with van der Waals surface area (Å²) in [6.45, 7) is 3.64. The second-order valence-corrected chi connectivity index (χ2v) is 19.5. The van der Waals surface area contributed by atoms with Gasteiger partial charge in [-0.15, -0.1) is 0 Å². The molecule has 0 heterocycles. The van der Waals surface area contributed by atoms with E-state index in [2.05, 4.69) is 74.6 Å². The Morgan fingerprint density at radius 2 is 0.833 bits per heavy atom. The van der Waals surface area contributed by atoms with Gasteiger partial charge in [0.25, 0.3) is 0 Å². The van der Waals surface area contributed by atoms with Gasteiger partial charge in [-0.3, -0.25) is 18.6 Å². The zero-order chi connectivity index (χ0) is 48.1. The molecule has 0 bridgehead atoms. The van der Waals surface area contributed by atoms with Crippen molar-refractivity contribution in [3.63, 3.8) is 0 Å². The van der Waals surface area contributed by atoms with Crippen LogP contribution in [0.15, 0.2) is 60.8 Å². The van der Waals surface area contributed by atoms with Gasteiger partial charge < -0.3 is 20.1 Å². The van der Waals surface area contributed by atoms with Crippen molar-refractivity contribution in [1.82, 2.24) is 0 Å². The predicted octanol–water partition coefficient (Wildman–Crippen LogP) is 16.8. The van der Waals surface area contributed by atoms with Gasteiger partial charge in [-0.2, -0.15) is 0 Å². The first-order valence-electron chi connectivity index (χ1n) is 27.3. The molecule has 0 aromatic rings. The van der Waals surface area contributed by atoms with Crippen molar-refractivity contribution in [2.45, 2.75) is 258 Å². The quantitative estimate of drug-likeness (QED) is 0.0264. The van der Waals surface area contributed by atoms with Gasteiger partial charge in [0.05, 0.1) is 13.2 Å². The highest BCUT2D eigenvalue weighted by molar-refractivity contribution is 7.47. The number of nitrogens with two attached hydrogens (primary N) is 1. The van der Waals surface area contributed by atoms with Crippen LogP contribution in [-0.4, -0.2) is 49.3 Å². The van der Waals surface area contributed by atoms with Gasteiger partial charge in [0.2, 0.25) is 0 Å².